The summed E-state index contributed by atoms with van der Waals surface area (Å²) in [6.07, 6.45) is -1.44. The van der Waals surface area contributed by atoms with Crippen molar-refractivity contribution >= 4 is 35.1 Å². The molecule has 0 saturated carbocycles. The Hall–Kier alpha value is -2.12. The summed E-state index contributed by atoms with van der Waals surface area (Å²) in [6.45, 7) is -0.176. The van der Waals surface area contributed by atoms with Crippen LogP contribution in [-0.4, -0.2) is 48.0 Å². The number of carbonyl (C=O) groups excluding carboxylic acids is 1. The van der Waals surface area contributed by atoms with Crippen molar-refractivity contribution in [3.05, 3.63) is 58.1 Å². The lowest BCUT2D eigenvalue weighted by molar-refractivity contribution is -0.140. The van der Waals surface area contributed by atoms with Crippen molar-refractivity contribution in [3.8, 4) is 11.1 Å². The molecule has 0 heterocycles. The first kappa shape index (κ1) is 22.2. The Morgan fingerprint density at radius 1 is 1.07 bits per heavy atom. The van der Waals surface area contributed by atoms with E-state index in [1.165, 1.54) is 7.11 Å². The minimum absolute atomic E-state index is 0.176. The minimum atomic E-state index is -1.23. The zero-order valence-electron chi connectivity index (χ0n) is 15.2. The molecule has 6 nitrogen and oxygen atoms in total. The summed E-state index contributed by atoms with van der Waals surface area (Å²) < 4.78 is 4.77. The molecule has 0 aliphatic heterocycles. The van der Waals surface area contributed by atoms with Gasteiger partial charge >= 0.3 is 5.97 Å². The van der Waals surface area contributed by atoms with E-state index in [9.17, 15) is 14.7 Å². The van der Waals surface area contributed by atoms with Crippen LogP contribution in [-0.2, 0) is 20.7 Å². The fourth-order valence-electron chi connectivity index (χ4n) is 2.79. The number of hydrogen-bond donors (Lipinski definition) is 3. The Balaban J connectivity index is 2.16. The van der Waals surface area contributed by atoms with Crippen LogP contribution in [0.1, 0.15) is 12.0 Å². The first-order valence-electron chi connectivity index (χ1n) is 8.52. The van der Waals surface area contributed by atoms with Gasteiger partial charge in [0.25, 0.3) is 0 Å². The maximum Gasteiger partial charge on any atom is 0.306 e. The summed E-state index contributed by atoms with van der Waals surface area (Å²) in [4.78, 5) is 22.7. The number of ether oxygens (including phenoxy) is 1. The molecule has 0 bridgehead atoms. The van der Waals surface area contributed by atoms with Gasteiger partial charge in [-0.05, 0) is 41.3 Å². The third-order valence-corrected chi connectivity index (χ3v) is 4.51. The molecule has 150 valence electrons. The zero-order valence-corrected chi connectivity index (χ0v) is 16.7. The lowest BCUT2D eigenvalue weighted by Gasteiger charge is -2.23. The molecule has 0 spiro atoms. The van der Waals surface area contributed by atoms with Crippen LogP contribution in [0.2, 0.25) is 10.0 Å². The van der Waals surface area contributed by atoms with Gasteiger partial charge in [-0.3, -0.25) is 9.59 Å². The Morgan fingerprint density at radius 3 is 2.21 bits per heavy atom. The number of aliphatic hydroxyl groups excluding tert-OH is 1. The molecular formula is C20H21Cl2NO5. The van der Waals surface area contributed by atoms with Crippen LogP contribution in [0.15, 0.2) is 42.5 Å². The molecule has 0 aliphatic carbocycles. The molecule has 2 rings (SSSR count). The normalized spacial score (nSPS) is 13.0. The maximum absolute atomic E-state index is 11.8. The molecule has 28 heavy (non-hydrogen) atoms. The molecule has 0 saturated heterocycles. The van der Waals surface area contributed by atoms with Crippen molar-refractivity contribution < 1.29 is 24.5 Å². The second kappa shape index (κ2) is 10.4. The quantitative estimate of drug-likeness (QED) is 0.573. The Labute approximate surface area is 173 Å². The average Bonchev–Trinajstić information content (AvgIpc) is 2.60. The molecule has 3 N–H and O–H groups in total. The smallest absolute Gasteiger partial charge is 0.306 e. The summed E-state index contributed by atoms with van der Waals surface area (Å²) >= 11 is 12.1. The predicted octanol–water partition coefficient (Wildman–Crippen LogP) is 3.17. The van der Waals surface area contributed by atoms with E-state index in [0.717, 1.165) is 16.7 Å². The second-order valence-corrected chi connectivity index (χ2v) is 7.20. The summed E-state index contributed by atoms with van der Waals surface area (Å²) in [7, 11) is 1.38. The molecule has 8 heteroatoms. The molecular weight excluding hydrogens is 405 g/mol. The summed E-state index contributed by atoms with van der Waals surface area (Å²) in [6, 6.07) is 11.9. The molecule has 0 aromatic heterocycles. The van der Waals surface area contributed by atoms with Crippen LogP contribution in [0, 0.1) is 0 Å². The Morgan fingerprint density at radius 2 is 1.68 bits per heavy atom. The number of amides is 1. The van der Waals surface area contributed by atoms with Crippen LogP contribution < -0.4 is 5.32 Å². The highest BCUT2D eigenvalue weighted by molar-refractivity contribution is 6.35. The van der Waals surface area contributed by atoms with Gasteiger partial charge in [0.1, 0.15) is 6.61 Å². The van der Waals surface area contributed by atoms with E-state index in [1.807, 2.05) is 24.3 Å². The van der Waals surface area contributed by atoms with Crippen molar-refractivity contribution in [1.29, 1.82) is 0 Å². The molecule has 2 atom stereocenters. The van der Waals surface area contributed by atoms with Gasteiger partial charge in [0, 0.05) is 17.2 Å². The van der Waals surface area contributed by atoms with Gasteiger partial charge in [-0.2, -0.15) is 0 Å². The number of hydrogen-bond acceptors (Lipinski definition) is 4. The lowest BCUT2D eigenvalue weighted by Crippen LogP contribution is -2.46. The molecule has 0 fully saturated rings. The highest BCUT2D eigenvalue weighted by atomic mass is 35.5. The maximum atomic E-state index is 11.8. The number of halogens is 2. The fraction of sp³-hybridized carbons (Fsp3) is 0.300. The van der Waals surface area contributed by atoms with Gasteiger partial charge in [-0.1, -0.05) is 47.5 Å². The largest absolute Gasteiger partial charge is 0.481 e. The number of rotatable bonds is 9. The standard InChI is InChI=1S/C20H21Cl2NO5/c1-28-11-19(25)23-17(18(24)10-20(26)27)6-12-2-4-13(5-3-12)14-7-15(21)9-16(22)8-14/h2-5,7-9,17-18,24H,6,10-11H2,1H3,(H,23,25)(H,26,27). The number of carbonyl (C=O) groups is 2. The third kappa shape index (κ3) is 6.80. The predicted molar refractivity (Wildman–Crippen MR) is 108 cm³/mol. The van der Waals surface area contributed by atoms with Gasteiger partial charge in [0.15, 0.2) is 0 Å². The first-order chi connectivity index (χ1) is 13.3. The van der Waals surface area contributed by atoms with Crippen LogP contribution in [0.25, 0.3) is 11.1 Å². The van der Waals surface area contributed by atoms with Crippen molar-refractivity contribution in [2.75, 3.05) is 13.7 Å². The minimum Gasteiger partial charge on any atom is -0.481 e. The van der Waals surface area contributed by atoms with Crippen LogP contribution in [0.5, 0.6) is 0 Å². The van der Waals surface area contributed by atoms with E-state index >= 15 is 0 Å². The Bertz CT molecular complexity index is 806. The summed E-state index contributed by atoms with van der Waals surface area (Å²) in [5.41, 5.74) is 2.59. The molecule has 0 radical (unpaired) electrons. The molecule has 2 unspecified atom stereocenters. The van der Waals surface area contributed by atoms with E-state index in [0.29, 0.717) is 10.0 Å². The van der Waals surface area contributed by atoms with Crippen LogP contribution in [0.3, 0.4) is 0 Å². The summed E-state index contributed by atoms with van der Waals surface area (Å²) in [5.74, 6) is -1.58. The molecule has 0 aliphatic rings. The lowest BCUT2D eigenvalue weighted by atomic mass is 9.97. The number of aliphatic hydroxyl groups is 1. The van der Waals surface area contributed by atoms with Crippen molar-refractivity contribution in [2.24, 2.45) is 0 Å². The topological polar surface area (TPSA) is 95.9 Å². The number of nitrogens with one attached hydrogen (secondary N) is 1. The Kier molecular flexibility index (Phi) is 8.26. The SMILES string of the molecule is COCC(=O)NC(Cc1ccc(-c2cc(Cl)cc(Cl)c2)cc1)C(O)CC(=O)O. The third-order valence-electron chi connectivity index (χ3n) is 4.08. The zero-order chi connectivity index (χ0) is 20.7. The first-order valence-corrected chi connectivity index (χ1v) is 9.27. The van der Waals surface area contributed by atoms with Gasteiger partial charge in [0.05, 0.1) is 18.6 Å². The van der Waals surface area contributed by atoms with Crippen LogP contribution in [0.4, 0.5) is 0 Å². The van der Waals surface area contributed by atoms with Gasteiger partial charge < -0.3 is 20.3 Å². The highest BCUT2D eigenvalue weighted by Crippen LogP contribution is 2.27. The van der Waals surface area contributed by atoms with Crippen molar-refractivity contribution in [2.45, 2.75) is 25.0 Å². The van der Waals surface area contributed by atoms with E-state index in [-0.39, 0.29) is 13.0 Å². The van der Waals surface area contributed by atoms with Crippen molar-refractivity contribution in [3.63, 3.8) is 0 Å². The molecule has 2 aromatic carbocycles. The number of methoxy groups -OCH3 is 1. The van der Waals surface area contributed by atoms with Gasteiger partial charge in [0.2, 0.25) is 5.91 Å². The van der Waals surface area contributed by atoms with E-state index < -0.39 is 30.4 Å². The van der Waals surface area contributed by atoms with Crippen LogP contribution >= 0.6 is 23.2 Å². The van der Waals surface area contributed by atoms with Gasteiger partial charge in [-0.25, -0.2) is 0 Å². The van der Waals surface area contributed by atoms with Crippen molar-refractivity contribution in [1.82, 2.24) is 5.32 Å². The van der Waals surface area contributed by atoms with E-state index in [4.69, 9.17) is 33.0 Å². The molecule has 2 aromatic rings. The number of benzene rings is 2. The van der Waals surface area contributed by atoms with Gasteiger partial charge in [-0.15, -0.1) is 0 Å². The monoisotopic (exact) mass is 425 g/mol. The second-order valence-electron chi connectivity index (χ2n) is 6.33. The number of carboxylic acid groups (broad SMARTS) is 1. The number of carboxylic acids is 1. The average molecular weight is 426 g/mol. The number of aliphatic carboxylic acids is 1. The van der Waals surface area contributed by atoms with E-state index in [1.54, 1.807) is 18.2 Å². The summed E-state index contributed by atoms with van der Waals surface area (Å²) in [5, 5.41) is 22.8. The fourth-order valence-corrected chi connectivity index (χ4v) is 3.32. The highest BCUT2D eigenvalue weighted by Gasteiger charge is 2.24. The van der Waals surface area contributed by atoms with E-state index in [2.05, 4.69) is 5.32 Å². The molecule has 1 amide bonds.